The van der Waals surface area contributed by atoms with Crippen LogP contribution in [0.1, 0.15) is 110 Å². The average molecular weight is 807 g/mol. The van der Waals surface area contributed by atoms with E-state index in [9.17, 15) is 9.59 Å². The van der Waals surface area contributed by atoms with Gasteiger partial charge in [-0.3, -0.25) is 0 Å². The summed E-state index contributed by atoms with van der Waals surface area (Å²) in [5.74, 6) is -1.35. The normalized spacial score (nSPS) is 17.8. The molecule has 1 aliphatic heterocycles. The Labute approximate surface area is 337 Å². The molecule has 2 atom stereocenters. The quantitative estimate of drug-likeness (QED) is 0.174. The van der Waals surface area contributed by atoms with E-state index in [1.807, 2.05) is 12.1 Å². The van der Waals surface area contributed by atoms with Gasteiger partial charge in [0.2, 0.25) is 11.5 Å². The van der Waals surface area contributed by atoms with Crippen LogP contribution in [0, 0.1) is 6.92 Å². The van der Waals surface area contributed by atoms with Crippen molar-refractivity contribution in [3.63, 3.8) is 0 Å². The summed E-state index contributed by atoms with van der Waals surface area (Å²) in [4.78, 5) is 33.1. The van der Waals surface area contributed by atoms with Crippen molar-refractivity contribution in [3.8, 4) is 17.5 Å². The number of imide groups is 1. The lowest BCUT2D eigenvalue weighted by atomic mass is 9.85. The third-order valence-corrected chi connectivity index (χ3v) is 9.06. The fourth-order valence-corrected chi connectivity index (χ4v) is 6.18. The number of aromatic nitrogens is 3. The Hall–Kier alpha value is -5.24. The lowest BCUT2D eigenvalue weighted by Gasteiger charge is -2.32. The number of carbonyl (C=O) groups is 2. The summed E-state index contributed by atoms with van der Waals surface area (Å²) < 4.78 is 76.2. The third-order valence-electron chi connectivity index (χ3n) is 9.06. The summed E-state index contributed by atoms with van der Waals surface area (Å²) >= 11 is 0. The van der Waals surface area contributed by atoms with E-state index in [1.165, 1.54) is 6.07 Å². The van der Waals surface area contributed by atoms with Crippen molar-refractivity contribution in [3.05, 3.63) is 101 Å². The maximum absolute atomic E-state index is 15.5. The van der Waals surface area contributed by atoms with Crippen molar-refractivity contribution in [2.75, 3.05) is 4.90 Å². The van der Waals surface area contributed by atoms with Crippen LogP contribution in [0.4, 0.5) is 28.4 Å². The van der Waals surface area contributed by atoms with Crippen LogP contribution >= 0.6 is 0 Å². The molecule has 2 amide bonds. The SMILES string of the molecule is Cc1cc(N(C(=O)OC(C)(C)C)C(=O)OC(C)(C)C)c2nc1OC(Cc1cccc(C(C)(C)C)c1)CC=CCC[C@](OCc1ccccc1)(C(F)(F)F)c1nnc-2o1. The largest absolute Gasteiger partial charge is 0.473 e. The van der Waals surface area contributed by atoms with E-state index < -0.39 is 66.1 Å². The summed E-state index contributed by atoms with van der Waals surface area (Å²) in [5, 5.41) is 7.95. The molecule has 14 heteroatoms. The highest BCUT2D eigenvalue weighted by Crippen LogP contribution is 2.47. The number of halogens is 3. The fraction of sp³-hybridized carbons (Fsp3) is 0.477. The van der Waals surface area contributed by atoms with E-state index in [-0.39, 0.29) is 29.1 Å². The van der Waals surface area contributed by atoms with Crippen LogP contribution in [0.3, 0.4) is 0 Å². The zero-order chi connectivity index (χ0) is 42.7. The summed E-state index contributed by atoms with van der Waals surface area (Å²) in [6.45, 7) is 17.3. The molecule has 1 unspecified atom stereocenters. The molecule has 312 valence electrons. The highest BCUT2D eigenvalue weighted by atomic mass is 19.4. The van der Waals surface area contributed by atoms with Crippen LogP contribution in [0.15, 0.2) is 77.2 Å². The molecule has 5 rings (SSSR count). The zero-order valence-corrected chi connectivity index (χ0v) is 34.8. The van der Waals surface area contributed by atoms with Crippen LogP contribution in [0.25, 0.3) is 11.6 Å². The number of benzene rings is 2. The Morgan fingerprint density at radius 2 is 1.48 bits per heavy atom. The number of carbonyl (C=O) groups excluding carboxylic acids is 2. The van der Waals surface area contributed by atoms with Crippen LogP contribution in [-0.4, -0.2) is 50.9 Å². The molecular formula is C44H53F3N4O7. The molecule has 58 heavy (non-hydrogen) atoms. The van der Waals surface area contributed by atoms with Crippen molar-refractivity contribution in [2.45, 2.75) is 136 Å². The van der Waals surface area contributed by atoms with Crippen molar-refractivity contribution in [2.24, 2.45) is 0 Å². The first-order valence-electron chi connectivity index (χ1n) is 19.2. The Bertz CT molecular complexity index is 2070. The van der Waals surface area contributed by atoms with Crippen LogP contribution < -0.4 is 9.64 Å². The minimum Gasteiger partial charge on any atom is -0.473 e. The number of anilines is 1. The van der Waals surface area contributed by atoms with Gasteiger partial charge in [0.25, 0.3) is 11.8 Å². The van der Waals surface area contributed by atoms with Gasteiger partial charge < -0.3 is 23.4 Å². The molecule has 1 aliphatic rings. The minimum absolute atomic E-state index is 0.0664. The number of hydrogen-bond donors (Lipinski definition) is 0. The first-order valence-corrected chi connectivity index (χ1v) is 19.2. The number of ether oxygens (including phenoxy) is 4. The van der Waals surface area contributed by atoms with Crippen molar-refractivity contribution >= 4 is 17.9 Å². The Kier molecular flexibility index (Phi) is 12.8. The lowest BCUT2D eigenvalue weighted by Crippen LogP contribution is -2.45. The van der Waals surface area contributed by atoms with Gasteiger partial charge >= 0.3 is 18.4 Å². The highest BCUT2D eigenvalue weighted by molar-refractivity contribution is 6.11. The number of nitrogens with zero attached hydrogens (tertiary/aromatic N) is 4. The van der Waals surface area contributed by atoms with E-state index in [4.69, 9.17) is 28.3 Å². The molecule has 4 bridgehead atoms. The molecule has 4 aromatic rings. The number of rotatable bonds is 6. The van der Waals surface area contributed by atoms with E-state index in [0.29, 0.717) is 28.9 Å². The van der Waals surface area contributed by atoms with E-state index in [1.54, 1.807) is 91.0 Å². The van der Waals surface area contributed by atoms with Crippen molar-refractivity contribution in [1.82, 2.24) is 15.2 Å². The first kappa shape index (κ1) is 43.9. The Morgan fingerprint density at radius 3 is 2.09 bits per heavy atom. The second-order valence-electron chi connectivity index (χ2n) is 17.4. The standard InChI is InChI=1S/C44H53F3N4O7/c1-28-24-33(51(38(52)57-41(5,6)7)39(53)58-42(8,9)10)34-36-49-50-37(56-36)43(44(45,46)47,54-27-29-18-13-11-14-19-29)23-16-12-15-22-32(55-35(28)48-34)26-30-20-17-21-31(25-30)40(2,3)4/h11-15,17-21,24-25,32H,16,22-23,26-27H2,1-10H3/t32?,43-/m1/s1. The van der Waals surface area contributed by atoms with Crippen LogP contribution in [-0.2, 0) is 38.3 Å². The molecule has 0 aliphatic carbocycles. The van der Waals surface area contributed by atoms with Crippen LogP contribution in [0.5, 0.6) is 5.88 Å². The smallest absolute Gasteiger partial charge is 0.426 e. The number of hydrogen-bond acceptors (Lipinski definition) is 10. The number of pyridine rings is 1. The summed E-state index contributed by atoms with van der Waals surface area (Å²) in [6, 6.07) is 18.0. The summed E-state index contributed by atoms with van der Waals surface area (Å²) in [6.07, 6.45) is -4.37. The molecule has 0 saturated carbocycles. The van der Waals surface area contributed by atoms with E-state index >= 15 is 13.2 Å². The molecule has 2 aromatic carbocycles. The second kappa shape index (κ2) is 16.9. The monoisotopic (exact) mass is 806 g/mol. The van der Waals surface area contributed by atoms with Gasteiger partial charge in [-0.2, -0.15) is 18.1 Å². The number of alkyl halides is 3. The number of fused-ring (bicyclic) bond motifs is 5. The molecule has 0 spiro atoms. The number of amides is 2. The molecule has 2 aromatic heterocycles. The Morgan fingerprint density at radius 1 is 0.845 bits per heavy atom. The van der Waals surface area contributed by atoms with E-state index in [2.05, 4.69) is 43.1 Å². The predicted molar refractivity (Wildman–Crippen MR) is 212 cm³/mol. The van der Waals surface area contributed by atoms with Gasteiger partial charge in [-0.1, -0.05) is 87.5 Å². The van der Waals surface area contributed by atoms with Crippen molar-refractivity contribution in [1.29, 1.82) is 0 Å². The molecule has 0 fully saturated rings. The van der Waals surface area contributed by atoms with Gasteiger partial charge in [0, 0.05) is 18.4 Å². The maximum Gasteiger partial charge on any atom is 0.426 e. The van der Waals surface area contributed by atoms with Gasteiger partial charge in [0.05, 0.1) is 12.3 Å². The van der Waals surface area contributed by atoms with Crippen LogP contribution in [0.2, 0.25) is 0 Å². The molecule has 0 saturated heterocycles. The van der Waals surface area contributed by atoms with Gasteiger partial charge in [-0.05, 0) is 89.5 Å². The number of aryl methyl sites for hydroxylation is 1. The summed E-state index contributed by atoms with van der Waals surface area (Å²) in [5.41, 5.74) is -2.89. The highest BCUT2D eigenvalue weighted by Gasteiger charge is 2.61. The third kappa shape index (κ3) is 10.8. The second-order valence-corrected chi connectivity index (χ2v) is 17.4. The molecule has 0 N–H and O–H groups in total. The minimum atomic E-state index is -5.03. The zero-order valence-electron chi connectivity index (χ0n) is 34.8. The first-order chi connectivity index (χ1) is 27.0. The van der Waals surface area contributed by atoms with Crippen molar-refractivity contribution < 1.29 is 46.1 Å². The van der Waals surface area contributed by atoms with Gasteiger partial charge in [0.1, 0.15) is 17.3 Å². The van der Waals surface area contributed by atoms with Gasteiger partial charge in [-0.15, -0.1) is 10.2 Å². The predicted octanol–water partition coefficient (Wildman–Crippen LogP) is 11.1. The topological polar surface area (TPSA) is 126 Å². The van der Waals surface area contributed by atoms with Gasteiger partial charge in [0.15, 0.2) is 5.69 Å². The lowest BCUT2D eigenvalue weighted by molar-refractivity contribution is -0.299. The summed E-state index contributed by atoms with van der Waals surface area (Å²) in [7, 11) is 0. The average Bonchev–Trinajstić information content (AvgIpc) is 3.59. The fourth-order valence-electron chi connectivity index (χ4n) is 6.18. The molecular weight excluding hydrogens is 753 g/mol. The molecule has 11 nitrogen and oxygen atoms in total. The Balaban J connectivity index is 1.72. The molecule has 3 heterocycles. The van der Waals surface area contributed by atoms with Gasteiger partial charge in [-0.25, -0.2) is 14.6 Å². The molecule has 0 radical (unpaired) electrons. The maximum atomic E-state index is 15.5. The number of allylic oxidation sites excluding steroid dienone is 1. The van der Waals surface area contributed by atoms with E-state index in [0.717, 1.165) is 11.1 Å².